The van der Waals surface area contributed by atoms with Crippen molar-refractivity contribution in [3.63, 3.8) is 0 Å². The molecule has 2 N–H and O–H groups in total. The fourth-order valence-electron chi connectivity index (χ4n) is 3.14. The van der Waals surface area contributed by atoms with Crippen molar-refractivity contribution in [3.8, 4) is 5.88 Å². The number of amides is 1. The van der Waals surface area contributed by atoms with Crippen LogP contribution in [-0.2, 0) is 10.2 Å². The first kappa shape index (κ1) is 19.2. The monoisotopic (exact) mass is 376 g/mol. The molecule has 144 valence electrons. The van der Waals surface area contributed by atoms with Crippen LogP contribution in [0.25, 0.3) is 0 Å². The molecular formula is C19H22F2N4O2. The van der Waals surface area contributed by atoms with E-state index >= 15 is 0 Å². The van der Waals surface area contributed by atoms with Crippen molar-refractivity contribution in [2.45, 2.75) is 38.7 Å². The van der Waals surface area contributed by atoms with Gasteiger partial charge in [-0.05, 0) is 36.6 Å². The van der Waals surface area contributed by atoms with Crippen molar-refractivity contribution < 1.29 is 18.3 Å². The number of carbonyl (C=O) groups is 1. The largest absolute Gasteiger partial charge is 0.415 e. The summed E-state index contributed by atoms with van der Waals surface area (Å²) < 4.78 is 29.9. The Morgan fingerprint density at radius 2 is 2.04 bits per heavy atom. The SMILES string of the molecule is Cc1ccc(NC(=O)C2(c3ncccc3C(C)C)CNC2)c(OC(F)F)n1. The van der Waals surface area contributed by atoms with E-state index in [2.05, 4.69) is 25.3 Å². The Balaban J connectivity index is 1.94. The predicted octanol–water partition coefficient (Wildman–Crippen LogP) is 2.99. The number of anilines is 1. The lowest BCUT2D eigenvalue weighted by Crippen LogP contribution is -2.64. The standard InChI is InChI=1S/C19H22F2N4O2/c1-11(2)13-5-4-8-23-15(13)19(9-22-10-19)17(26)25-14-7-6-12(3)24-16(14)27-18(20)21/h4-8,11,18,22H,9-10H2,1-3H3,(H,25,26). The van der Waals surface area contributed by atoms with Gasteiger partial charge in [0.2, 0.25) is 11.8 Å². The smallest absolute Gasteiger partial charge is 0.388 e. The van der Waals surface area contributed by atoms with E-state index in [1.165, 1.54) is 6.07 Å². The Labute approximate surface area is 156 Å². The average Bonchev–Trinajstić information content (AvgIpc) is 2.56. The number of aromatic nitrogens is 2. The Bertz CT molecular complexity index is 838. The van der Waals surface area contributed by atoms with Crippen molar-refractivity contribution in [1.29, 1.82) is 0 Å². The van der Waals surface area contributed by atoms with Crippen molar-refractivity contribution in [1.82, 2.24) is 15.3 Å². The molecule has 3 heterocycles. The van der Waals surface area contributed by atoms with E-state index in [0.717, 1.165) is 5.56 Å². The topological polar surface area (TPSA) is 76.1 Å². The van der Waals surface area contributed by atoms with E-state index in [9.17, 15) is 13.6 Å². The van der Waals surface area contributed by atoms with E-state index in [1.807, 2.05) is 26.0 Å². The number of pyridine rings is 2. The fraction of sp³-hybridized carbons (Fsp3) is 0.421. The average molecular weight is 376 g/mol. The number of halogens is 2. The number of nitrogens with zero attached hydrogens (tertiary/aromatic N) is 2. The molecule has 1 fully saturated rings. The third kappa shape index (κ3) is 3.75. The highest BCUT2D eigenvalue weighted by molar-refractivity contribution is 6.01. The second-order valence-electron chi connectivity index (χ2n) is 6.92. The van der Waals surface area contributed by atoms with Crippen LogP contribution >= 0.6 is 0 Å². The van der Waals surface area contributed by atoms with E-state index in [-0.39, 0.29) is 23.4 Å². The van der Waals surface area contributed by atoms with Gasteiger partial charge >= 0.3 is 6.61 Å². The van der Waals surface area contributed by atoms with Crippen LogP contribution in [0.5, 0.6) is 5.88 Å². The number of hydrogen-bond acceptors (Lipinski definition) is 5. The molecule has 3 rings (SSSR count). The molecule has 0 bridgehead atoms. The summed E-state index contributed by atoms with van der Waals surface area (Å²) in [5, 5.41) is 5.83. The minimum atomic E-state index is -3.03. The van der Waals surface area contributed by atoms with Gasteiger partial charge in [0.1, 0.15) is 11.1 Å². The molecule has 0 radical (unpaired) electrons. The Hall–Kier alpha value is -2.61. The third-order valence-electron chi connectivity index (χ3n) is 4.65. The molecule has 1 amide bonds. The van der Waals surface area contributed by atoms with Crippen molar-refractivity contribution in [2.75, 3.05) is 18.4 Å². The number of nitrogens with one attached hydrogen (secondary N) is 2. The Morgan fingerprint density at radius 3 is 2.63 bits per heavy atom. The van der Waals surface area contributed by atoms with Gasteiger partial charge in [0.05, 0.1) is 5.69 Å². The molecule has 0 aliphatic carbocycles. The summed E-state index contributed by atoms with van der Waals surface area (Å²) in [6.07, 6.45) is 1.66. The van der Waals surface area contributed by atoms with Gasteiger partial charge in [-0.25, -0.2) is 4.98 Å². The van der Waals surface area contributed by atoms with Gasteiger partial charge in [0.25, 0.3) is 0 Å². The van der Waals surface area contributed by atoms with Crippen LogP contribution in [0.4, 0.5) is 14.5 Å². The van der Waals surface area contributed by atoms with Gasteiger partial charge in [-0.1, -0.05) is 19.9 Å². The molecule has 1 aliphatic heterocycles. The lowest BCUT2D eigenvalue weighted by atomic mass is 9.74. The zero-order valence-electron chi connectivity index (χ0n) is 15.4. The van der Waals surface area contributed by atoms with Gasteiger partial charge in [-0.3, -0.25) is 9.78 Å². The molecule has 0 atom stereocenters. The molecule has 0 saturated carbocycles. The van der Waals surface area contributed by atoms with E-state index in [1.54, 1.807) is 19.2 Å². The first-order chi connectivity index (χ1) is 12.8. The second kappa shape index (κ2) is 7.56. The molecule has 6 nitrogen and oxygen atoms in total. The normalized spacial score (nSPS) is 15.5. The van der Waals surface area contributed by atoms with Crippen LogP contribution in [0.3, 0.4) is 0 Å². The highest BCUT2D eigenvalue weighted by atomic mass is 19.3. The molecule has 0 spiro atoms. The molecule has 27 heavy (non-hydrogen) atoms. The third-order valence-corrected chi connectivity index (χ3v) is 4.65. The number of alkyl halides is 2. The maximum absolute atomic E-state index is 13.2. The van der Waals surface area contributed by atoms with Crippen LogP contribution in [0.1, 0.15) is 36.7 Å². The second-order valence-corrected chi connectivity index (χ2v) is 6.92. The minimum absolute atomic E-state index is 0.110. The van der Waals surface area contributed by atoms with Crippen molar-refractivity contribution in [2.24, 2.45) is 0 Å². The summed E-state index contributed by atoms with van der Waals surface area (Å²) in [6.45, 7) is 3.54. The highest BCUT2D eigenvalue weighted by Crippen LogP contribution is 2.35. The quantitative estimate of drug-likeness (QED) is 0.811. The summed E-state index contributed by atoms with van der Waals surface area (Å²) in [4.78, 5) is 21.6. The molecular weight excluding hydrogens is 354 g/mol. The maximum Gasteiger partial charge on any atom is 0.388 e. The lowest BCUT2D eigenvalue weighted by Gasteiger charge is -2.41. The molecule has 2 aromatic rings. The number of aryl methyl sites for hydroxylation is 1. The zero-order valence-corrected chi connectivity index (χ0v) is 15.4. The minimum Gasteiger partial charge on any atom is -0.415 e. The highest BCUT2D eigenvalue weighted by Gasteiger charge is 2.48. The van der Waals surface area contributed by atoms with Crippen LogP contribution in [0, 0.1) is 6.92 Å². The summed E-state index contributed by atoms with van der Waals surface area (Å²) in [6, 6.07) is 6.94. The fourth-order valence-corrected chi connectivity index (χ4v) is 3.14. The number of carbonyl (C=O) groups excluding carboxylic acids is 1. The van der Waals surface area contributed by atoms with Gasteiger partial charge in [-0.2, -0.15) is 8.78 Å². The molecule has 0 aromatic carbocycles. The van der Waals surface area contributed by atoms with E-state index in [0.29, 0.717) is 24.5 Å². The molecule has 1 saturated heterocycles. The van der Waals surface area contributed by atoms with E-state index < -0.39 is 12.0 Å². The van der Waals surface area contributed by atoms with Crippen molar-refractivity contribution in [3.05, 3.63) is 47.4 Å². The summed E-state index contributed by atoms with van der Waals surface area (Å²) in [5.74, 6) is -0.435. The van der Waals surface area contributed by atoms with Gasteiger partial charge in [0, 0.05) is 25.0 Å². The van der Waals surface area contributed by atoms with E-state index in [4.69, 9.17) is 0 Å². The maximum atomic E-state index is 13.2. The molecule has 8 heteroatoms. The number of rotatable bonds is 6. The van der Waals surface area contributed by atoms with Gasteiger partial charge in [0.15, 0.2) is 0 Å². The number of ether oxygens (including phenoxy) is 1. The Kier molecular flexibility index (Phi) is 5.36. The summed E-state index contributed by atoms with van der Waals surface area (Å²) in [5.41, 5.74) is 1.44. The lowest BCUT2D eigenvalue weighted by molar-refractivity contribution is -0.123. The Morgan fingerprint density at radius 1 is 1.30 bits per heavy atom. The first-order valence-electron chi connectivity index (χ1n) is 8.73. The predicted molar refractivity (Wildman–Crippen MR) is 97.1 cm³/mol. The zero-order chi connectivity index (χ0) is 19.6. The molecule has 2 aromatic heterocycles. The first-order valence-corrected chi connectivity index (χ1v) is 8.73. The summed E-state index contributed by atoms with van der Waals surface area (Å²) >= 11 is 0. The van der Waals surface area contributed by atoms with Crippen LogP contribution in [-0.4, -0.2) is 35.6 Å². The van der Waals surface area contributed by atoms with Crippen LogP contribution in [0.15, 0.2) is 30.5 Å². The van der Waals surface area contributed by atoms with Gasteiger partial charge < -0.3 is 15.4 Å². The molecule has 0 unspecified atom stereocenters. The van der Waals surface area contributed by atoms with Crippen LogP contribution < -0.4 is 15.4 Å². The number of hydrogen-bond donors (Lipinski definition) is 2. The summed E-state index contributed by atoms with van der Waals surface area (Å²) in [7, 11) is 0. The van der Waals surface area contributed by atoms with Crippen molar-refractivity contribution >= 4 is 11.6 Å². The molecule has 1 aliphatic rings. The van der Waals surface area contributed by atoms with Gasteiger partial charge in [-0.15, -0.1) is 0 Å². The van der Waals surface area contributed by atoms with Crippen LogP contribution in [0.2, 0.25) is 0 Å².